The van der Waals surface area contributed by atoms with Gasteiger partial charge in [0.15, 0.2) is 6.10 Å². The Hall–Kier alpha value is -2.63. The van der Waals surface area contributed by atoms with E-state index < -0.39 is 18.0 Å². The predicted molar refractivity (Wildman–Crippen MR) is 92.0 cm³/mol. The van der Waals surface area contributed by atoms with E-state index in [0.29, 0.717) is 11.4 Å². The first kappa shape index (κ1) is 17.7. The Morgan fingerprint density at radius 2 is 1.88 bits per heavy atom. The number of carbonyl (C=O) groups is 2. The fourth-order valence-corrected chi connectivity index (χ4v) is 2.30. The van der Waals surface area contributed by atoms with Crippen molar-refractivity contribution in [3.63, 3.8) is 0 Å². The number of ether oxygens (including phenoxy) is 1. The van der Waals surface area contributed by atoms with Gasteiger partial charge in [0.2, 0.25) is 0 Å². The van der Waals surface area contributed by atoms with Crippen LogP contribution in [0.15, 0.2) is 30.5 Å². The molecule has 1 atom stereocenters. The summed E-state index contributed by atoms with van der Waals surface area (Å²) >= 11 is 0. The molecule has 1 amide bonds. The summed E-state index contributed by atoms with van der Waals surface area (Å²) in [5, 5.41) is 6.89. The molecule has 0 saturated carbocycles. The summed E-state index contributed by atoms with van der Waals surface area (Å²) in [4.78, 5) is 24.6. The average Bonchev–Trinajstić information content (AvgIpc) is 2.98. The molecular formula is C18H23N3O3. The van der Waals surface area contributed by atoms with Crippen LogP contribution < -0.4 is 5.32 Å². The highest BCUT2D eigenvalue weighted by atomic mass is 16.5. The first-order valence-electron chi connectivity index (χ1n) is 7.92. The summed E-state index contributed by atoms with van der Waals surface area (Å²) in [6.45, 7) is 9.26. The lowest BCUT2D eigenvalue weighted by Gasteiger charge is -2.16. The molecule has 24 heavy (non-hydrogen) atoms. The van der Waals surface area contributed by atoms with Gasteiger partial charge in [0.25, 0.3) is 5.91 Å². The Balaban J connectivity index is 2.05. The summed E-state index contributed by atoms with van der Waals surface area (Å²) in [6.07, 6.45) is 0.704. The van der Waals surface area contributed by atoms with Crippen LogP contribution in [0.1, 0.15) is 48.3 Å². The van der Waals surface area contributed by atoms with E-state index in [9.17, 15) is 9.59 Å². The molecular weight excluding hydrogens is 306 g/mol. The van der Waals surface area contributed by atoms with E-state index in [1.165, 1.54) is 0 Å². The third-order valence-corrected chi connectivity index (χ3v) is 3.89. The van der Waals surface area contributed by atoms with Crippen molar-refractivity contribution in [2.75, 3.05) is 5.32 Å². The number of aryl methyl sites for hydroxylation is 1. The average molecular weight is 329 g/mol. The minimum absolute atomic E-state index is 0.114. The molecule has 2 rings (SSSR count). The molecule has 0 aliphatic carbocycles. The van der Waals surface area contributed by atoms with Gasteiger partial charge in [0, 0.05) is 12.1 Å². The maximum Gasteiger partial charge on any atom is 0.339 e. The van der Waals surface area contributed by atoms with Crippen molar-refractivity contribution >= 4 is 17.7 Å². The Labute approximate surface area is 141 Å². The van der Waals surface area contributed by atoms with Crippen molar-refractivity contribution in [3.8, 4) is 0 Å². The summed E-state index contributed by atoms with van der Waals surface area (Å²) in [6, 6.07) is 7.24. The van der Waals surface area contributed by atoms with Crippen molar-refractivity contribution in [3.05, 3.63) is 47.2 Å². The minimum Gasteiger partial charge on any atom is -0.449 e. The molecule has 0 spiro atoms. The fourth-order valence-electron chi connectivity index (χ4n) is 2.30. The Kier molecular flexibility index (Phi) is 5.39. The molecule has 1 aromatic heterocycles. The first-order valence-corrected chi connectivity index (χ1v) is 7.92. The van der Waals surface area contributed by atoms with Crippen molar-refractivity contribution in [1.29, 1.82) is 0 Å². The van der Waals surface area contributed by atoms with Gasteiger partial charge in [-0.25, -0.2) is 9.48 Å². The van der Waals surface area contributed by atoms with Gasteiger partial charge >= 0.3 is 5.97 Å². The van der Waals surface area contributed by atoms with Gasteiger partial charge in [0.05, 0.1) is 11.8 Å². The minimum atomic E-state index is -0.909. The highest BCUT2D eigenvalue weighted by Gasteiger charge is 2.21. The molecule has 0 bridgehead atoms. The van der Waals surface area contributed by atoms with Gasteiger partial charge in [-0.1, -0.05) is 12.1 Å². The van der Waals surface area contributed by atoms with Gasteiger partial charge < -0.3 is 10.1 Å². The van der Waals surface area contributed by atoms with Gasteiger partial charge in [-0.05, 0) is 51.8 Å². The van der Waals surface area contributed by atoms with Crippen LogP contribution in [0.3, 0.4) is 0 Å². The summed E-state index contributed by atoms with van der Waals surface area (Å²) < 4.78 is 6.99. The number of amides is 1. The van der Waals surface area contributed by atoms with Gasteiger partial charge in [-0.3, -0.25) is 4.79 Å². The summed E-state index contributed by atoms with van der Waals surface area (Å²) in [7, 11) is 0. The Morgan fingerprint density at radius 3 is 2.54 bits per heavy atom. The number of nitrogens with zero attached hydrogens (tertiary/aromatic N) is 2. The van der Waals surface area contributed by atoms with E-state index in [1.807, 2.05) is 33.8 Å². The molecule has 0 aliphatic rings. The number of hydrogen-bond donors (Lipinski definition) is 1. The highest BCUT2D eigenvalue weighted by molar-refractivity contribution is 5.97. The number of rotatable bonds is 5. The van der Waals surface area contributed by atoms with E-state index in [0.717, 1.165) is 11.1 Å². The number of esters is 1. The first-order chi connectivity index (χ1) is 11.3. The van der Waals surface area contributed by atoms with Gasteiger partial charge in [-0.15, -0.1) is 0 Å². The van der Waals surface area contributed by atoms with Crippen LogP contribution in [0.5, 0.6) is 0 Å². The number of benzene rings is 1. The number of anilines is 1. The molecule has 6 nitrogen and oxygen atoms in total. The molecule has 128 valence electrons. The third-order valence-electron chi connectivity index (χ3n) is 3.89. The van der Waals surface area contributed by atoms with Crippen LogP contribution >= 0.6 is 0 Å². The van der Waals surface area contributed by atoms with E-state index in [2.05, 4.69) is 10.4 Å². The van der Waals surface area contributed by atoms with E-state index in [-0.39, 0.29) is 6.04 Å². The van der Waals surface area contributed by atoms with Crippen LogP contribution in [-0.2, 0) is 9.53 Å². The van der Waals surface area contributed by atoms with Crippen LogP contribution in [0, 0.1) is 13.8 Å². The zero-order valence-corrected chi connectivity index (χ0v) is 14.7. The second kappa shape index (κ2) is 7.29. The SMILES string of the molecule is Cc1cccc(C(=O)O[C@@H](C)C(=O)Nc2ccnn2C(C)C)c1C. The Morgan fingerprint density at radius 1 is 1.17 bits per heavy atom. The Bertz CT molecular complexity index is 750. The second-order valence-electron chi connectivity index (χ2n) is 6.04. The molecule has 2 aromatic rings. The number of hydrogen-bond acceptors (Lipinski definition) is 4. The van der Waals surface area contributed by atoms with Gasteiger partial charge in [0.1, 0.15) is 5.82 Å². The van der Waals surface area contributed by atoms with E-state index >= 15 is 0 Å². The van der Waals surface area contributed by atoms with Crippen molar-refractivity contribution in [1.82, 2.24) is 9.78 Å². The zero-order chi connectivity index (χ0) is 17.9. The molecule has 0 saturated heterocycles. The fraction of sp³-hybridized carbons (Fsp3) is 0.389. The molecule has 1 heterocycles. The van der Waals surface area contributed by atoms with E-state index in [4.69, 9.17) is 4.74 Å². The van der Waals surface area contributed by atoms with E-state index in [1.54, 1.807) is 36.0 Å². The molecule has 1 N–H and O–H groups in total. The lowest BCUT2D eigenvalue weighted by molar-refractivity contribution is -0.123. The lowest BCUT2D eigenvalue weighted by Crippen LogP contribution is -2.31. The van der Waals surface area contributed by atoms with Gasteiger partial charge in [-0.2, -0.15) is 5.10 Å². The van der Waals surface area contributed by atoms with Crippen molar-refractivity contribution < 1.29 is 14.3 Å². The summed E-state index contributed by atoms with van der Waals surface area (Å²) in [5.74, 6) is -0.322. The normalized spacial score (nSPS) is 12.1. The maximum atomic E-state index is 12.3. The molecule has 0 fully saturated rings. The number of aromatic nitrogens is 2. The van der Waals surface area contributed by atoms with Crippen LogP contribution in [-0.4, -0.2) is 27.8 Å². The standard InChI is InChI=1S/C18H23N3O3/c1-11(2)21-16(9-10-19-21)20-17(22)14(5)24-18(23)15-8-6-7-12(3)13(15)4/h6-11,14H,1-5H3,(H,20,22)/t14-/m0/s1. The third kappa shape index (κ3) is 3.82. The molecule has 0 aliphatic heterocycles. The number of nitrogens with one attached hydrogen (secondary N) is 1. The van der Waals surface area contributed by atoms with Crippen molar-refractivity contribution in [2.45, 2.75) is 46.8 Å². The van der Waals surface area contributed by atoms with Crippen LogP contribution in [0.2, 0.25) is 0 Å². The highest BCUT2D eigenvalue weighted by Crippen LogP contribution is 2.16. The van der Waals surface area contributed by atoms with Crippen molar-refractivity contribution in [2.24, 2.45) is 0 Å². The molecule has 0 radical (unpaired) electrons. The topological polar surface area (TPSA) is 73.2 Å². The van der Waals surface area contributed by atoms with Crippen LogP contribution in [0.4, 0.5) is 5.82 Å². The molecule has 0 unspecified atom stereocenters. The molecule has 6 heteroatoms. The zero-order valence-electron chi connectivity index (χ0n) is 14.7. The quantitative estimate of drug-likeness (QED) is 0.855. The largest absolute Gasteiger partial charge is 0.449 e. The monoisotopic (exact) mass is 329 g/mol. The summed E-state index contributed by atoms with van der Waals surface area (Å²) in [5.41, 5.74) is 2.33. The predicted octanol–water partition coefficient (Wildman–Crippen LogP) is 3.26. The van der Waals surface area contributed by atoms with Crippen LogP contribution in [0.25, 0.3) is 0 Å². The smallest absolute Gasteiger partial charge is 0.339 e. The molecule has 1 aromatic carbocycles. The maximum absolute atomic E-state index is 12.3. The second-order valence-corrected chi connectivity index (χ2v) is 6.04. The number of carbonyl (C=O) groups excluding carboxylic acids is 2. The lowest BCUT2D eigenvalue weighted by atomic mass is 10.0.